The molecule has 4 amide bonds. The number of urea groups is 1. The van der Waals surface area contributed by atoms with Crippen LogP contribution in [0.25, 0.3) is 0 Å². The Balaban J connectivity index is 2.01. The minimum absolute atomic E-state index is 0.0498. The Morgan fingerprint density at radius 1 is 0.857 bits per heavy atom. The summed E-state index contributed by atoms with van der Waals surface area (Å²) in [6.45, 7) is 5.66. The smallest absolute Gasteiger partial charge is 0.315 e. The summed E-state index contributed by atoms with van der Waals surface area (Å²) < 4.78 is 15.8. The second-order valence-corrected chi connectivity index (χ2v) is 9.96. The largest absolute Gasteiger partial charge is 0.497 e. The van der Waals surface area contributed by atoms with Crippen LogP contribution in [0.4, 0.5) is 4.79 Å². The highest BCUT2D eigenvalue weighted by Crippen LogP contribution is 2.22. The van der Waals surface area contributed by atoms with Gasteiger partial charge in [0, 0.05) is 30.9 Å². The summed E-state index contributed by atoms with van der Waals surface area (Å²) in [5.74, 6) is -0.578. The number of amides is 4. The number of hydrogen-bond donors (Lipinski definition) is 5. The zero-order valence-electron chi connectivity index (χ0n) is 25.0. The molecule has 0 fully saturated rings. The van der Waals surface area contributed by atoms with Gasteiger partial charge in [0.15, 0.2) is 0 Å². The predicted molar refractivity (Wildman–Crippen MR) is 158 cm³/mol. The van der Waals surface area contributed by atoms with E-state index in [-0.39, 0.29) is 25.4 Å². The second-order valence-electron chi connectivity index (χ2n) is 9.96. The average Bonchev–Trinajstić information content (AvgIpc) is 2.99. The molecule has 2 atom stereocenters. The molecule has 0 bridgehead atoms. The summed E-state index contributed by atoms with van der Waals surface area (Å²) in [6.07, 6.45) is 1.68. The number of rotatable bonds is 16. The number of benzene rings is 2. The van der Waals surface area contributed by atoms with E-state index in [4.69, 9.17) is 19.6 Å². The minimum atomic E-state index is -1.08. The van der Waals surface area contributed by atoms with Gasteiger partial charge < -0.3 is 40.9 Å². The van der Waals surface area contributed by atoms with Crippen LogP contribution in [0.1, 0.15) is 50.3 Å². The Hall–Kier alpha value is -4.61. The topological polar surface area (TPSA) is 168 Å². The van der Waals surface area contributed by atoms with Gasteiger partial charge in [-0.05, 0) is 48.1 Å². The molecule has 0 aliphatic rings. The molecule has 228 valence electrons. The highest BCUT2D eigenvalue weighted by molar-refractivity contribution is 6.38. The van der Waals surface area contributed by atoms with Gasteiger partial charge in [0.2, 0.25) is 11.7 Å². The normalized spacial score (nSPS) is 12.0. The van der Waals surface area contributed by atoms with Crippen molar-refractivity contribution in [3.63, 3.8) is 0 Å². The van der Waals surface area contributed by atoms with Gasteiger partial charge in [-0.1, -0.05) is 32.9 Å². The van der Waals surface area contributed by atoms with Crippen LogP contribution in [0.2, 0.25) is 0 Å². The molecule has 2 rings (SSSR count). The van der Waals surface area contributed by atoms with E-state index >= 15 is 0 Å². The van der Waals surface area contributed by atoms with E-state index in [0.717, 1.165) is 0 Å². The second kappa shape index (κ2) is 16.6. The number of carbonyl (C=O) groups is 4. The highest BCUT2D eigenvalue weighted by atomic mass is 16.5. The third-order valence-corrected chi connectivity index (χ3v) is 6.38. The van der Waals surface area contributed by atoms with Gasteiger partial charge in [0.05, 0.1) is 27.4 Å². The van der Waals surface area contributed by atoms with E-state index in [1.54, 1.807) is 43.3 Å². The Bertz CT molecular complexity index is 1240. The van der Waals surface area contributed by atoms with Crippen LogP contribution < -0.4 is 35.5 Å². The van der Waals surface area contributed by atoms with Crippen LogP contribution in [0.3, 0.4) is 0 Å². The maximum Gasteiger partial charge on any atom is 0.315 e. The Labute approximate surface area is 246 Å². The molecule has 5 N–H and O–H groups in total. The SMILES string of the molecule is CCC(NC(=O)[C@H](CC(C)C)NC(=O)NCc1ccc(C=N)cc1OC)C(=O)C(=O)NCc1cc(OC)cc(OC)c1. The maximum absolute atomic E-state index is 13.2. The Kier molecular flexibility index (Phi) is 13.3. The van der Waals surface area contributed by atoms with Crippen molar-refractivity contribution in [3.05, 3.63) is 53.1 Å². The van der Waals surface area contributed by atoms with Crippen molar-refractivity contribution in [1.29, 1.82) is 5.41 Å². The maximum atomic E-state index is 13.2. The molecule has 0 saturated carbocycles. The van der Waals surface area contributed by atoms with Crippen LogP contribution in [0.5, 0.6) is 17.2 Å². The first-order chi connectivity index (χ1) is 20.0. The van der Waals surface area contributed by atoms with Crippen molar-refractivity contribution in [2.75, 3.05) is 21.3 Å². The fraction of sp³-hybridized carbons (Fsp3) is 0.433. The molecule has 12 heteroatoms. The Morgan fingerprint density at radius 3 is 2.07 bits per heavy atom. The zero-order chi connectivity index (χ0) is 31.2. The van der Waals surface area contributed by atoms with Gasteiger partial charge in [-0.3, -0.25) is 14.4 Å². The first-order valence-corrected chi connectivity index (χ1v) is 13.6. The molecule has 2 aromatic rings. The molecule has 1 unspecified atom stereocenters. The van der Waals surface area contributed by atoms with Gasteiger partial charge in [-0.15, -0.1) is 0 Å². The van der Waals surface area contributed by atoms with Gasteiger partial charge >= 0.3 is 6.03 Å². The van der Waals surface area contributed by atoms with E-state index in [0.29, 0.717) is 40.4 Å². The third kappa shape index (κ3) is 10.1. The molecule has 0 radical (unpaired) electrons. The zero-order valence-corrected chi connectivity index (χ0v) is 25.0. The first-order valence-electron chi connectivity index (χ1n) is 13.6. The lowest BCUT2D eigenvalue weighted by Crippen LogP contribution is -2.55. The van der Waals surface area contributed by atoms with Gasteiger partial charge in [0.25, 0.3) is 5.91 Å². The van der Waals surface area contributed by atoms with E-state index in [2.05, 4.69) is 21.3 Å². The van der Waals surface area contributed by atoms with Crippen LogP contribution in [-0.2, 0) is 27.5 Å². The molecule has 0 heterocycles. The molecule has 2 aromatic carbocycles. The monoisotopic (exact) mass is 583 g/mol. The summed E-state index contributed by atoms with van der Waals surface area (Å²) in [6, 6.07) is 7.66. The molecule has 42 heavy (non-hydrogen) atoms. The van der Waals surface area contributed by atoms with Crippen LogP contribution >= 0.6 is 0 Å². The quantitative estimate of drug-likeness (QED) is 0.150. The predicted octanol–water partition coefficient (Wildman–Crippen LogP) is 2.70. The molecular formula is C30H41N5O7. The van der Waals surface area contributed by atoms with Crippen LogP contribution in [-0.4, -0.2) is 63.3 Å². The fourth-order valence-electron chi connectivity index (χ4n) is 4.11. The number of hydrogen-bond acceptors (Lipinski definition) is 8. The van der Waals surface area contributed by atoms with Crippen molar-refractivity contribution in [1.82, 2.24) is 21.3 Å². The summed E-state index contributed by atoms with van der Waals surface area (Å²) in [5.41, 5.74) is 2.01. The lowest BCUT2D eigenvalue weighted by atomic mass is 10.0. The fourth-order valence-corrected chi connectivity index (χ4v) is 4.11. The van der Waals surface area contributed by atoms with E-state index in [1.165, 1.54) is 27.5 Å². The van der Waals surface area contributed by atoms with Crippen molar-refractivity contribution in [3.8, 4) is 17.2 Å². The van der Waals surface area contributed by atoms with E-state index in [1.807, 2.05) is 13.8 Å². The third-order valence-electron chi connectivity index (χ3n) is 6.38. The first kappa shape index (κ1) is 33.6. The number of ketones is 1. The summed E-state index contributed by atoms with van der Waals surface area (Å²) >= 11 is 0. The Morgan fingerprint density at radius 2 is 1.52 bits per heavy atom. The van der Waals surface area contributed by atoms with Crippen molar-refractivity contribution >= 4 is 29.8 Å². The molecular weight excluding hydrogens is 542 g/mol. The number of methoxy groups -OCH3 is 3. The number of Topliss-reactive ketones (excluding diaryl/α,β-unsaturated/α-hetero) is 1. The van der Waals surface area contributed by atoms with Crippen LogP contribution in [0.15, 0.2) is 36.4 Å². The molecule has 0 saturated heterocycles. The van der Waals surface area contributed by atoms with Gasteiger partial charge in [-0.2, -0.15) is 0 Å². The van der Waals surface area contributed by atoms with Crippen molar-refractivity contribution in [2.24, 2.45) is 5.92 Å². The summed E-state index contributed by atoms with van der Waals surface area (Å²) in [4.78, 5) is 51.5. The van der Waals surface area contributed by atoms with E-state index in [9.17, 15) is 19.2 Å². The van der Waals surface area contributed by atoms with Crippen molar-refractivity contribution < 1.29 is 33.4 Å². The van der Waals surface area contributed by atoms with Crippen molar-refractivity contribution in [2.45, 2.75) is 58.8 Å². The minimum Gasteiger partial charge on any atom is -0.497 e. The lowest BCUT2D eigenvalue weighted by molar-refractivity contribution is -0.140. The highest BCUT2D eigenvalue weighted by Gasteiger charge is 2.29. The number of ether oxygens (including phenoxy) is 3. The molecule has 0 spiro atoms. The van der Waals surface area contributed by atoms with Gasteiger partial charge in [-0.25, -0.2) is 4.79 Å². The van der Waals surface area contributed by atoms with Gasteiger partial charge in [0.1, 0.15) is 23.3 Å². The van der Waals surface area contributed by atoms with E-state index < -0.39 is 35.7 Å². The summed E-state index contributed by atoms with van der Waals surface area (Å²) in [7, 11) is 4.52. The summed E-state index contributed by atoms with van der Waals surface area (Å²) in [5, 5.41) is 18.0. The standard InChI is InChI=1S/C30H41N5O7/c1-7-24(27(36)29(38)32-16-20-11-22(40-4)14-23(12-20)41-5)34-28(37)25(10-18(2)3)35-30(39)33-17-21-9-8-19(15-31)13-26(21)42-6/h8-9,11-15,18,24-25,31H,7,10,16-17H2,1-6H3,(H,32,38)(H,34,37)(H2,33,35,39)/t24?,25-/m0/s1. The lowest BCUT2D eigenvalue weighted by Gasteiger charge is -2.23. The molecule has 0 aliphatic heterocycles. The number of carbonyl (C=O) groups excluding carboxylic acids is 4. The van der Waals surface area contributed by atoms with Crippen LogP contribution in [0, 0.1) is 11.3 Å². The number of nitrogens with one attached hydrogen (secondary N) is 5. The molecule has 12 nitrogen and oxygen atoms in total. The molecule has 0 aliphatic carbocycles. The average molecular weight is 584 g/mol. The molecule has 0 aromatic heterocycles.